The summed E-state index contributed by atoms with van der Waals surface area (Å²) in [6.07, 6.45) is 1.19. The number of aromatic nitrogens is 2. The van der Waals surface area contributed by atoms with E-state index in [-0.39, 0.29) is 25.1 Å². The van der Waals surface area contributed by atoms with Gasteiger partial charge in [0.1, 0.15) is 36.4 Å². The van der Waals surface area contributed by atoms with Crippen molar-refractivity contribution < 1.29 is 19.0 Å². The number of nitrogens with one attached hydrogen (secondary N) is 1. The molecule has 2 heterocycles. The molecule has 5 rings (SSSR count). The van der Waals surface area contributed by atoms with E-state index in [1.807, 2.05) is 36.2 Å². The molecule has 3 aromatic carbocycles. The van der Waals surface area contributed by atoms with Gasteiger partial charge in [0.05, 0.1) is 29.4 Å². The van der Waals surface area contributed by atoms with Crippen LogP contribution >= 0.6 is 11.6 Å². The van der Waals surface area contributed by atoms with Crippen LogP contribution in [-0.4, -0.2) is 52.3 Å². The second kappa shape index (κ2) is 10.3. The van der Waals surface area contributed by atoms with Gasteiger partial charge >= 0.3 is 0 Å². The molecule has 0 radical (unpaired) electrons. The number of rotatable bonds is 7. The zero-order valence-electron chi connectivity index (χ0n) is 19.4. The van der Waals surface area contributed by atoms with Crippen molar-refractivity contribution >= 4 is 45.7 Å². The van der Waals surface area contributed by atoms with E-state index >= 15 is 0 Å². The van der Waals surface area contributed by atoms with E-state index < -0.39 is 0 Å². The first-order valence-corrected chi connectivity index (χ1v) is 11.6. The van der Waals surface area contributed by atoms with Crippen LogP contribution in [0.1, 0.15) is 5.56 Å². The predicted molar refractivity (Wildman–Crippen MR) is 137 cm³/mol. The summed E-state index contributed by atoms with van der Waals surface area (Å²) < 4.78 is 24.8. The Hall–Kier alpha value is -3.95. The molecule has 4 aromatic rings. The van der Waals surface area contributed by atoms with Gasteiger partial charge in [-0.3, -0.25) is 0 Å². The van der Waals surface area contributed by atoms with Gasteiger partial charge in [0.25, 0.3) is 6.02 Å². The van der Waals surface area contributed by atoms with E-state index in [0.717, 1.165) is 10.9 Å². The van der Waals surface area contributed by atoms with Crippen molar-refractivity contribution in [3.63, 3.8) is 0 Å². The quantitative estimate of drug-likeness (QED) is 0.361. The maximum absolute atomic E-state index is 13.4. The number of ether oxygens (including phenoxy) is 2. The minimum atomic E-state index is -0.314. The van der Waals surface area contributed by atoms with Crippen LogP contribution in [0.15, 0.2) is 72.0 Å². The zero-order chi connectivity index (χ0) is 25.1. The van der Waals surface area contributed by atoms with Crippen LogP contribution in [0.2, 0.25) is 5.02 Å². The Morgan fingerprint density at radius 3 is 2.86 bits per heavy atom. The lowest BCUT2D eigenvalue weighted by atomic mass is 10.2. The normalized spacial score (nSPS) is 16.4. The van der Waals surface area contributed by atoms with Crippen LogP contribution in [0, 0.1) is 5.82 Å². The highest BCUT2D eigenvalue weighted by Gasteiger charge is 2.26. The SMILES string of the molecule is CN1CC(CO)O/C1=N\c1ccc2ncnc(Nc3ccc(OCc4cccc(F)c4)c(Cl)c3)c2c1. The summed E-state index contributed by atoms with van der Waals surface area (Å²) in [7, 11) is 1.86. The monoisotopic (exact) mass is 507 g/mol. The molecule has 1 fully saturated rings. The number of fused-ring (bicyclic) bond motifs is 1. The Bertz CT molecular complexity index is 1430. The summed E-state index contributed by atoms with van der Waals surface area (Å²) in [5.41, 5.74) is 2.83. The van der Waals surface area contributed by atoms with Crippen molar-refractivity contribution in [2.24, 2.45) is 4.99 Å². The van der Waals surface area contributed by atoms with E-state index in [1.54, 1.807) is 24.3 Å². The summed E-state index contributed by atoms with van der Waals surface area (Å²) in [4.78, 5) is 15.2. The number of likely N-dealkylation sites (N-methyl/N-ethyl adjacent to an activating group) is 1. The summed E-state index contributed by atoms with van der Waals surface area (Å²) in [5.74, 6) is 0.755. The Balaban J connectivity index is 1.35. The van der Waals surface area contributed by atoms with Gasteiger partial charge in [-0.15, -0.1) is 0 Å². The summed E-state index contributed by atoms with van der Waals surface area (Å²) in [5, 5.41) is 13.8. The molecule has 184 valence electrons. The van der Waals surface area contributed by atoms with Crippen molar-refractivity contribution in [1.82, 2.24) is 14.9 Å². The number of nitrogens with zero attached hydrogens (tertiary/aromatic N) is 4. The lowest BCUT2D eigenvalue weighted by Gasteiger charge is -2.12. The van der Waals surface area contributed by atoms with Gasteiger partial charge in [0, 0.05) is 18.1 Å². The van der Waals surface area contributed by atoms with Gasteiger partial charge in [-0.2, -0.15) is 4.99 Å². The Morgan fingerprint density at radius 2 is 2.08 bits per heavy atom. The lowest BCUT2D eigenvalue weighted by molar-refractivity contribution is 0.132. The molecule has 0 bridgehead atoms. The van der Waals surface area contributed by atoms with Crippen molar-refractivity contribution in [2.45, 2.75) is 12.7 Å². The Kier molecular flexibility index (Phi) is 6.84. The number of hydrogen-bond acceptors (Lipinski definition) is 7. The van der Waals surface area contributed by atoms with Crippen LogP contribution in [0.25, 0.3) is 10.9 Å². The molecule has 36 heavy (non-hydrogen) atoms. The molecule has 8 nitrogen and oxygen atoms in total. The van der Waals surface area contributed by atoms with Crippen LogP contribution in [0.5, 0.6) is 5.75 Å². The van der Waals surface area contributed by atoms with Gasteiger partial charge < -0.3 is 24.8 Å². The van der Waals surface area contributed by atoms with Gasteiger partial charge in [-0.05, 0) is 54.1 Å². The number of benzene rings is 3. The first-order valence-electron chi connectivity index (χ1n) is 11.2. The third-order valence-electron chi connectivity index (χ3n) is 5.60. The maximum Gasteiger partial charge on any atom is 0.292 e. The molecule has 2 N–H and O–H groups in total. The second-order valence-electron chi connectivity index (χ2n) is 8.31. The van der Waals surface area contributed by atoms with Crippen molar-refractivity contribution in [3.8, 4) is 5.75 Å². The smallest absolute Gasteiger partial charge is 0.292 e. The standard InChI is InChI=1S/C26H23ClFN5O3/c1-33-12-20(13-34)36-26(33)32-18-5-7-23-21(10-18)25(30-15-29-23)31-19-6-8-24(22(27)11-19)35-14-16-3-2-4-17(28)9-16/h2-11,15,20,34H,12-14H2,1H3,(H,29,30,31)/b32-26-. The molecule has 1 unspecified atom stereocenters. The minimum Gasteiger partial charge on any atom is -0.487 e. The van der Waals surface area contributed by atoms with E-state index in [1.165, 1.54) is 18.5 Å². The Morgan fingerprint density at radius 1 is 1.19 bits per heavy atom. The molecular formula is C26H23ClFN5O3. The highest BCUT2D eigenvalue weighted by molar-refractivity contribution is 6.32. The van der Waals surface area contributed by atoms with E-state index in [9.17, 15) is 9.50 Å². The molecule has 0 spiro atoms. The van der Waals surface area contributed by atoms with Crippen molar-refractivity contribution in [3.05, 3.63) is 83.4 Å². The molecular weight excluding hydrogens is 485 g/mol. The van der Waals surface area contributed by atoms with Crippen molar-refractivity contribution in [2.75, 3.05) is 25.5 Å². The molecule has 0 saturated carbocycles. The second-order valence-corrected chi connectivity index (χ2v) is 8.72. The number of hydrogen-bond donors (Lipinski definition) is 2. The van der Waals surface area contributed by atoms with Crippen LogP contribution in [0.3, 0.4) is 0 Å². The van der Waals surface area contributed by atoms with Gasteiger partial charge in [-0.1, -0.05) is 23.7 Å². The summed E-state index contributed by atoms with van der Waals surface area (Å²) >= 11 is 6.44. The molecule has 0 amide bonds. The minimum absolute atomic E-state index is 0.0693. The van der Waals surface area contributed by atoms with Crippen LogP contribution in [-0.2, 0) is 11.3 Å². The van der Waals surface area contributed by atoms with Gasteiger partial charge in [0.2, 0.25) is 0 Å². The van der Waals surface area contributed by atoms with Crippen molar-refractivity contribution in [1.29, 1.82) is 0 Å². The maximum atomic E-state index is 13.4. The molecule has 1 atom stereocenters. The molecule has 1 saturated heterocycles. The van der Waals surface area contributed by atoms with Gasteiger partial charge in [0.15, 0.2) is 0 Å². The van der Waals surface area contributed by atoms with E-state index in [2.05, 4.69) is 20.3 Å². The number of aliphatic hydroxyl groups excluding tert-OH is 1. The zero-order valence-corrected chi connectivity index (χ0v) is 20.1. The van der Waals surface area contributed by atoms with Crippen LogP contribution in [0.4, 0.5) is 21.6 Å². The molecule has 10 heteroatoms. The highest BCUT2D eigenvalue weighted by atomic mass is 35.5. The number of aliphatic imine (C=N–C) groups is 1. The third-order valence-corrected chi connectivity index (χ3v) is 5.90. The average Bonchev–Trinajstić information content (AvgIpc) is 3.23. The van der Waals surface area contributed by atoms with E-state index in [4.69, 9.17) is 21.1 Å². The summed E-state index contributed by atoms with van der Waals surface area (Å²) in [6.45, 7) is 0.700. The third kappa shape index (κ3) is 5.32. The number of aliphatic hydroxyl groups is 1. The molecule has 1 aliphatic heterocycles. The first-order chi connectivity index (χ1) is 17.5. The fraction of sp³-hybridized carbons (Fsp3) is 0.192. The topological polar surface area (TPSA) is 92.1 Å². The first kappa shape index (κ1) is 23.8. The van der Waals surface area contributed by atoms with E-state index in [0.29, 0.717) is 46.1 Å². The fourth-order valence-corrected chi connectivity index (χ4v) is 4.05. The lowest BCUT2D eigenvalue weighted by Crippen LogP contribution is -2.21. The number of halogens is 2. The molecule has 0 aliphatic carbocycles. The number of amidine groups is 1. The molecule has 1 aromatic heterocycles. The molecule has 1 aliphatic rings. The highest BCUT2D eigenvalue weighted by Crippen LogP contribution is 2.32. The number of anilines is 2. The Labute approximate surface area is 212 Å². The largest absolute Gasteiger partial charge is 0.487 e. The fourth-order valence-electron chi connectivity index (χ4n) is 3.81. The average molecular weight is 508 g/mol. The predicted octanol–water partition coefficient (Wildman–Crippen LogP) is 5.06. The summed E-state index contributed by atoms with van der Waals surface area (Å²) in [6, 6.07) is 17.5. The van der Waals surface area contributed by atoms with Crippen LogP contribution < -0.4 is 10.1 Å². The van der Waals surface area contributed by atoms with Gasteiger partial charge in [-0.25, -0.2) is 14.4 Å².